The van der Waals surface area contributed by atoms with Crippen molar-refractivity contribution >= 4 is 17.6 Å². The van der Waals surface area contributed by atoms with Crippen molar-refractivity contribution in [3.63, 3.8) is 0 Å². The third-order valence-corrected chi connectivity index (χ3v) is 2.28. The summed E-state index contributed by atoms with van der Waals surface area (Å²) in [5, 5.41) is 9.37. The van der Waals surface area contributed by atoms with E-state index in [2.05, 4.69) is 4.98 Å². The lowest BCUT2D eigenvalue weighted by atomic mass is 10.2. The van der Waals surface area contributed by atoms with Crippen molar-refractivity contribution in [2.75, 3.05) is 0 Å². The van der Waals surface area contributed by atoms with Gasteiger partial charge in [0, 0.05) is 17.4 Å². The van der Waals surface area contributed by atoms with E-state index in [1.807, 2.05) is 0 Å². The maximum atomic E-state index is 11.0. The smallest absolute Gasteiger partial charge is 0.339 e. The van der Waals surface area contributed by atoms with Gasteiger partial charge in [0.2, 0.25) is 0 Å². The van der Waals surface area contributed by atoms with Crippen LogP contribution in [0.5, 0.6) is 11.5 Å². The number of pyridine rings is 1. The fourth-order valence-electron chi connectivity index (χ4n) is 1.29. The molecule has 1 aromatic carbocycles. The molecule has 0 saturated heterocycles. The highest BCUT2D eigenvalue weighted by Crippen LogP contribution is 2.27. The van der Waals surface area contributed by atoms with Gasteiger partial charge in [0.25, 0.3) is 0 Å². The third-order valence-electron chi connectivity index (χ3n) is 2.05. The standard InChI is InChI=1S/C12H8ClNO3/c13-8-1-2-11(10(7-8)12(15)16)17-9-3-5-14-6-4-9/h1-7H,(H,15,16). The molecule has 0 saturated carbocycles. The summed E-state index contributed by atoms with van der Waals surface area (Å²) in [6.45, 7) is 0. The van der Waals surface area contributed by atoms with Gasteiger partial charge in [0.05, 0.1) is 0 Å². The molecule has 1 aromatic heterocycles. The van der Waals surface area contributed by atoms with E-state index >= 15 is 0 Å². The van der Waals surface area contributed by atoms with Crippen LogP contribution in [0.3, 0.4) is 0 Å². The largest absolute Gasteiger partial charge is 0.478 e. The number of hydrogen-bond acceptors (Lipinski definition) is 3. The first-order valence-corrected chi connectivity index (χ1v) is 5.15. The second kappa shape index (κ2) is 4.84. The van der Waals surface area contributed by atoms with Crippen molar-refractivity contribution in [2.24, 2.45) is 0 Å². The van der Waals surface area contributed by atoms with Crippen molar-refractivity contribution in [1.82, 2.24) is 4.98 Å². The highest BCUT2D eigenvalue weighted by atomic mass is 35.5. The predicted molar refractivity (Wildman–Crippen MR) is 62.7 cm³/mol. The number of nitrogens with zero attached hydrogens (tertiary/aromatic N) is 1. The number of aromatic carboxylic acids is 1. The zero-order valence-electron chi connectivity index (χ0n) is 8.63. The van der Waals surface area contributed by atoms with Gasteiger partial charge in [-0.2, -0.15) is 0 Å². The normalized spacial score (nSPS) is 9.94. The lowest BCUT2D eigenvalue weighted by Crippen LogP contribution is -1.99. The molecule has 1 heterocycles. The molecule has 0 aliphatic heterocycles. The van der Waals surface area contributed by atoms with Crippen LogP contribution in [-0.4, -0.2) is 16.1 Å². The molecule has 1 N–H and O–H groups in total. The van der Waals surface area contributed by atoms with Crippen LogP contribution in [0.1, 0.15) is 10.4 Å². The number of rotatable bonds is 3. The molecule has 17 heavy (non-hydrogen) atoms. The average Bonchev–Trinajstić information content (AvgIpc) is 2.32. The highest BCUT2D eigenvalue weighted by Gasteiger charge is 2.12. The minimum absolute atomic E-state index is 0.0225. The first kappa shape index (κ1) is 11.4. The summed E-state index contributed by atoms with van der Waals surface area (Å²) >= 11 is 5.73. The maximum absolute atomic E-state index is 11.0. The summed E-state index contributed by atoms with van der Waals surface area (Å²) in [4.78, 5) is 14.9. The van der Waals surface area contributed by atoms with Gasteiger partial charge in [0.1, 0.15) is 17.1 Å². The van der Waals surface area contributed by atoms with E-state index in [1.54, 1.807) is 30.6 Å². The second-order valence-corrected chi connectivity index (χ2v) is 3.67. The molecule has 0 radical (unpaired) electrons. The molecule has 0 spiro atoms. The number of ether oxygens (including phenoxy) is 1. The number of carboxylic acid groups (broad SMARTS) is 1. The number of halogens is 1. The van der Waals surface area contributed by atoms with Gasteiger partial charge in [-0.1, -0.05) is 11.6 Å². The molecule has 0 aliphatic rings. The Bertz CT molecular complexity index is 543. The molecule has 2 aromatic rings. The van der Waals surface area contributed by atoms with Gasteiger partial charge in [-0.25, -0.2) is 4.79 Å². The molecule has 86 valence electrons. The molecular formula is C12H8ClNO3. The molecule has 5 heteroatoms. The number of carbonyl (C=O) groups is 1. The van der Waals surface area contributed by atoms with Crippen LogP contribution >= 0.6 is 11.6 Å². The van der Waals surface area contributed by atoms with E-state index in [1.165, 1.54) is 12.1 Å². The first-order valence-electron chi connectivity index (χ1n) is 4.77. The molecule has 0 unspecified atom stereocenters. The predicted octanol–water partition coefficient (Wildman–Crippen LogP) is 3.23. The van der Waals surface area contributed by atoms with E-state index in [0.29, 0.717) is 10.8 Å². The first-order chi connectivity index (χ1) is 8.16. The molecule has 0 atom stereocenters. The number of carboxylic acids is 1. The minimum Gasteiger partial charge on any atom is -0.478 e. The zero-order chi connectivity index (χ0) is 12.3. The van der Waals surface area contributed by atoms with Crippen LogP contribution in [-0.2, 0) is 0 Å². The Morgan fingerprint density at radius 1 is 1.24 bits per heavy atom. The van der Waals surface area contributed by atoms with E-state index < -0.39 is 5.97 Å². The van der Waals surface area contributed by atoms with Crippen LogP contribution in [0.2, 0.25) is 5.02 Å². The van der Waals surface area contributed by atoms with Gasteiger partial charge < -0.3 is 9.84 Å². The van der Waals surface area contributed by atoms with Crippen LogP contribution in [0, 0.1) is 0 Å². The molecule has 0 amide bonds. The summed E-state index contributed by atoms with van der Waals surface area (Å²) in [5.74, 6) is -0.325. The Morgan fingerprint density at radius 2 is 1.94 bits per heavy atom. The lowest BCUT2D eigenvalue weighted by molar-refractivity contribution is 0.0694. The van der Waals surface area contributed by atoms with E-state index in [0.717, 1.165) is 0 Å². The number of benzene rings is 1. The van der Waals surface area contributed by atoms with Crippen molar-refractivity contribution in [3.8, 4) is 11.5 Å². The fraction of sp³-hybridized carbons (Fsp3) is 0. The second-order valence-electron chi connectivity index (χ2n) is 3.23. The van der Waals surface area contributed by atoms with Gasteiger partial charge in [-0.15, -0.1) is 0 Å². The molecular weight excluding hydrogens is 242 g/mol. The number of aromatic nitrogens is 1. The summed E-state index contributed by atoms with van der Waals surface area (Å²) in [6, 6.07) is 7.72. The summed E-state index contributed by atoms with van der Waals surface area (Å²) in [6.07, 6.45) is 3.12. The quantitative estimate of drug-likeness (QED) is 0.907. The summed E-state index contributed by atoms with van der Waals surface area (Å²) in [7, 11) is 0. The van der Waals surface area contributed by atoms with Crippen LogP contribution < -0.4 is 4.74 Å². The molecule has 0 bridgehead atoms. The third kappa shape index (κ3) is 2.73. The molecule has 2 rings (SSSR count). The maximum Gasteiger partial charge on any atom is 0.339 e. The summed E-state index contributed by atoms with van der Waals surface area (Å²) < 4.78 is 5.45. The Morgan fingerprint density at radius 3 is 2.59 bits per heavy atom. The van der Waals surface area contributed by atoms with Gasteiger partial charge in [-0.3, -0.25) is 4.98 Å². The zero-order valence-corrected chi connectivity index (χ0v) is 9.39. The van der Waals surface area contributed by atoms with Crippen LogP contribution in [0.15, 0.2) is 42.7 Å². The lowest BCUT2D eigenvalue weighted by Gasteiger charge is -2.08. The molecule has 0 fully saturated rings. The topological polar surface area (TPSA) is 59.4 Å². The Hall–Kier alpha value is -2.07. The number of hydrogen-bond donors (Lipinski definition) is 1. The monoisotopic (exact) mass is 249 g/mol. The Kier molecular flexibility index (Phi) is 3.25. The van der Waals surface area contributed by atoms with Gasteiger partial charge in [-0.05, 0) is 30.3 Å². The highest BCUT2D eigenvalue weighted by molar-refractivity contribution is 6.31. The van der Waals surface area contributed by atoms with Gasteiger partial charge in [0.15, 0.2) is 0 Å². The van der Waals surface area contributed by atoms with Crippen molar-refractivity contribution < 1.29 is 14.6 Å². The Labute approximate surface area is 102 Å². The van der Waals surface area contributed by atoms with Crippen molar-refractivity contribution in [3.05, 3.63) is 53.3 Å². The van der Waals surface area contributed by atoms with Crippen LogP contribution in [0.4, 0.5) is 0 Å². The SMILES string of the molecule is O=C(O)c1cc(Cl)ccc1Oc1ccncc1. The molecule has 4 nitrogen and oxygen atoms in total. The van der Waals surface area contributed by atoms with E-state index in [4.69, 9.17) is 21.4 Å². The van der Waals surface area contributed by atoms with E-state index in [-0.39, 0.29) is 11.3 Å². The van der Waals surface area contributed by atoms with Crippen molar-refractivity contribution in [2.45, 2.75) is 0 Å². The van der Waals surface area contributed by atoms with E-state index in [9.17, 15) is 4.79 Å². The van der Waals surface area contributed by atoms with Crippen LogP contribution in [0.25, 0.3) is 0 Å². The Balaban J connectivity index is 2.36. The summed E-state index contributed by atoms with van der Waals surface area (Å²) in [5.41, 5.74) is 0.0225. The minimum atomic E-state index is -1.09. The van der Waals surface area contributed by atoms with Crippen molar-refractivity contribution in [1.29, 1.82) is 0 Å². The fourth-order valence-corrected chi connectivity index (χ4v) is 1.46. The van der Waals surface area contributed by atoms with Gasteiger partial charge >= 0.3 is 5.97 Å². The molecule has 0 aliphatic carbocycles. The average molecular weight is 250 g/mol.